The summed E-state index contributed by atoms with van der Waals surface area (Å²) in [5.74, 6) is 0.380. The summed E-state index contributed by atoms with van der Waals surface area (Å²) in [6, 6.07) is 6.96. The van der Waals surface area contributed by atoms with Gasteiger partial charge in [-0.1, -0.05) is 12.1 Å². The predicted octanol–water partition coefficient (Wildman–Crippen LogP) is 1.54. The van der Waals surface area contributed by atoms with Crippen LogP contribution in [0.25, 0.3) is 0 Å². The Balaban J connectivity index is 1.98. The van der Waals surface area contributed by atoms with Gasteiger partial charge in [0.05, 0.1) is 13.5 Å². The van der Waals surface area contributed by atoms with Gasteiger partial charge in [-0.15, -0.1) is 0 Å². The molecule has 0 aliphatic heterocycles. The molecule has 0 amide bonds. The highest BCUT2D eigenvalue weighted by Crippen LogP contribution is 2.37. The maximum atomic E-state index is 12.3. The first kappa shape index (κ1) is 13.5. The van der Waals surface area contributed by atoms with Gasteiger partial charge in [-0.05, 0) is 17.7 Å². The van der Waals surface area contributed by atoms with Crippen molar-refractivity contribution in [2.45, 2.75) is 24.8 Å². The van der Waals surface area contributed by atoms with Crippen molar-refractivity contribution in [3.63, 3.8) is 0 Å². The van der Waals surface area contributed by atoms with E-state index in [2.05, 4.69) is 10.1 Å². The zero-order valence-electron chi connectivity index (χ0n) is 11.6. The predicted molar refractivity (Wildman–Crippen MR) is 74.0 cm³/mol. The molecular formula is C15H15N3O3. The first-order valence-corrected chi connectivity index (χ1v) is 6.71. The van der Waals surface area contributed by atoms with Gasteiger partial charge in [-0.2, -0.15) is 5.10 Å². The van der Waals surface area contributed by atoms with E-state index in [0.29, 0.717) is 6.42 Å². The van der Waals surface area contributed by atoms with Crippen molar-refractivity contribution >= 4 is 11.6 Å². The molecule has 0 bridgehead atoms. The SMILES string of the molecule is COc1ccc([C@@H]2CC(=O)CC(=O)[C@H]2n2cncn2)cc1. The van der Waals surface area contributed by atoms with Gasteiger partial charge in [0.2, 0.25) is 0 Å². The van der Waals surface area contributed by atoms with Crippen molar-refractivity contribution in [2.24, 2.45) is 0 Å². The number of hydrogen-bond donors (Lipinski definition) is 0. The van der Waals surface area contributed by atoms with Crippen LogP contribution in [0.4, 0.5) is 0 Å². The van der Waals surface area contributed by atoms with E-state index in [9.17, 15) is 9.59 Å². The zero-order valence-corrected chi connectivity index (χ0v) is 11.6. The molecule has 0 radical (unpaired) electrons. The average Bonchev–Trinajstić information content (AvgIpc) is 3.00. The molecule has 6 heteroatoms. The molecule has 1 aromatic carbocycles. The molecule has 0 unspecified atom stereocenters. The standard InChI is InChI=1S/C15H15N3O3/c1-21-12-4-2-10(3-5-12)13-6-11(19)7-14(20)15(13)18-9-16-8-17-18/h2-5,8-9,13,15H,6-7H2,1H3/t13-,15-/m0/s1. The summed E-state index contributed by atoms with van der Waals surface area (Å²) in [5.41, 5.74) is 0.928. The lowest BCUT2D eigenvalue weighted by atomic mass is 9.78. The van der Waals surface area contributed by atoms with E-state index in [4.69, 9.17) is 4.74 Å². The van der Waals surface area contributed by atoms with E-state index >= 15 is 0 Å². The molecule has 0 N–H and O–H groups in total. The summed E-state index contributed by atoms with van der Waals surface area (Å²) in [6.45, 7) is 0. The van der Waals surface area contributed by atoms with Crippen LogP contribution in [0.1, 0.15) is 30.4 Å². The second-order valence-corrected chi connectivity index (χ2v) is 5.09. The maximum Gasteiger partial charge on any atom is 0.165 e. The third-order valence-corrected chi connectivity index (χ3v) is 3.80. The largest absolute Gasteiger partial charge is 0.497 e. The zero-order chi connectivity index (χ0) is 14.8. The molecule has 0 spiro atoms. The van der Waals surface area contributed by atoms with Crippen LogP contribution in [0.2, 0.25) is 0 Å². The number of hydrogen-bond acceptors (Lipinski definition) is 5. The minimum Gasteiger partial charge on any atom is -0.497 e. The number of ether oxygens (including phenoxy) is 1. The molecule has 1 saturated carbocycles. The Kier molecular flexibility index (Phi) is 3.51. The number of carbonyl (C=O) groups is 2. The fourth-order valence-electron chi connectivity index (χ4n) is 2.80. The van der Waals surface area contributed by atoms with Crippen LogP contribution < -0.4 is 4.74 Å². The van der Waals surface area contributed by atoms with Gasteiger partial charge in [0.1, 0.15) is 30.2 Å². The summed E-state index contributed by atoms with van der Waals surface area (Å²) >= 11 is 0. The fourth-order valence-corrected chi connectivity index (χ4v) is 2.80. The topological polar surface area (TPSA) is 74.1 Å². The monoisotopic (exact) mass is 285 g/mol. The van der Waals surface area contributed by atoms with Gasteiger partial charge in [-0.25, -0.2) is 9.67 Å². The number of carbonyl (C=O) groups excluding carboxylic acids is 2. The van der Waals surface area contributed by atoms with E-state index < -0.39 is 6.04 Å². The molecule has 1 heterocycles. The molecular weight excluding hydrogens is 270 g/mol. The minimum atomic E-state index is -0.474. The molecule has 1 fully saturated rings. The van der Waals surface area contributed by atoms with Crippen molar-refractivity contribution < 1.29 is 14.3 Å². The number of methoxy groups -OCH3 is 1. The van der Waals surface area contributed by atoms with Gasteiger partial charge in [-0.3, -0.25) is 9.59 Å². The van der Waals surface area contributed by atoms with Crippen LogP contribution in [0, 0.1) is 0 Å². The Morgan fingerprint density at radius 3 is 2.62 bits per heavy atom. The fraction of sp³-hybridized carbons (Fsp3) is 0.333. The number of nitrogens with zero attached hydrogens (tertiary/aromatic N) is 3. The first-order chi connectivity index (χ1) is 10.2. The average molecular weight is 285 g/mol. The van der Waals surface area contributed by atoms with Gasteiger partial charge in [0, 0.05) is 12.3 Å². The minimum absolute atomic E-state index is 0.0304. The highest BCUT2D eigenvalue weighted by molar-refractivity contribution is 6.04. The summed E-state index contributed by atoms with van der Waals surface area (Å²) in [6.07, 6.45) is 3.23. The molecule has 21 heavy (non-hydrogen) atoms. The Labute approximate surface area is 121 Å². The maximum absolute atomic E-state index is 12.3. The molecule has 6 nitrogen and oxygen atoms in total. The van der Waals surface area contributed by atoms with E-state index in [1.54, 1.807) is 11.8 Å². The number of ketones is 2. The van der Waals surface area contributed by atoms with E-state index in [0.717, 1.165) is 11.3 Å². The third kappa shape index (κ3) is 2.56. The van der Waals surface area contributed by atoms with Crippen LogP contribution in [0.5, 0.6) is 5.75 Å². The Bertz CT molecular complexity index is 649. The highest BCUT2D eigenvalue weighted by Gasteiger charge is 2.38. The van der Waals surface area contributed by atoms with Crippen molar-refractivity contribution in [1.82, 2.24) is 14.8 Å². The lowest BCUT2D eigenvalue weighted by Gasteiger charge is -2.29. The third-order valence-electron chi connectivity index (χ3n) is 3.80. The van der Waals surface area contributed by atoms with Crippen molar-refractivity contribution in [1.29, 1.82) is 0 Å². The van der Waals surface area contributed by atoms with Crippen molar-refractivity contribution in [3.05, 3.63) is 42.5 Å². The second kappa shape index (κ2) is 5.47. The molecule has 1 aliphatic rings. The molecule has 108 valence electrons. The molecule has 3 rings (SSSR count). The van der Waals surface area contributed by atoms with Gasteiger partial charge in [0.15, 0.2) is 5.78 Å². The molecule has 2 atom stereocenters. The normalized spacial score (nSPS) is 22.3. The van der Waals surface area contributed by atoms with Crippen LogP contribution >= 0.6 is 0 Å². The summed E-state index contributed by atoms with van der Waals surface area (Å²) < 4.78 is 6.68. The number of rotatable bonds is 3. The van der Waals surface area contributed by atoms with E-state index in [1.807, 2.05) is 24.3 Å². The van der Waals surface area contributed by atoms with Gasteiger partial charge in [0.25, 0.3) is 0 Å². The smallest absolute Gasteiger partial charge is 0.165 e. The van der Waals surface area contributed by atoms with Crippen LogP contribution in [-0.2, 0) is 9.59 Å². The summed E-state index contributed by atoms with van der Waals surface area (Å²) in [7, 11) is 1.60. The second-order valence-electron chi connectivity index (χ2n) is 5.09. The quantitative estimate of drug-likeness (QED) is 0.800. The summed E-state index contributed by atoms with van der Waals surface area (Å²) in [4.78, 5) is 28.0. The van der Waals surface area contributed by atoms with Crippen molar-refractivity contribution in [3.8, 4) is 5.75 Å². The van der Waals surface area contributed by atoms with E-state index in [-0.39, 0.29) is 23.9 Å². The Morgan fingerprint density at radius 1 is 1.24 bits per heavy atom. The molecule has 1 aliphatic carbocycles. The number of Topliss-reactive ketones (excluding diaryl/α,β-unsaturated/α-hetero) is 2. The Morgan fingerprint density at radius 2 is 2.00 bits per heavy atom. The molecule has 1 aromatic heterocycles. The first-order valence-electron chi connectivity index (χ1n) is 6.71. The van der Waals surface area contributed by atoms with Crippen LogP contribution in [0.15, 0.2) is 36.9 Å². The van der Waals surface area contributed by atoms with Crippen LogP contribution in [-0.4, -0.2) is 33.4 Å². The van der Waals surface area contributed by atoms with Crippen molar-refractivity contribution in [2.75, 3.05) is 7.11 Å². The van der Waals surface area contributed by atoms with Gasteiger partial charge >= 0.3 is 0 Å². The summed E-state index contributed by atoms with van der Waals surface area (Å²) in [5, 5.41) is 4.07. The lowest BCUT2D eigenvalue weighted by Crippen LogP contribution is -2.34. The van der Waals surface area contributed by atoms with E-state index in [1.165, 1.54) is 12.7 Å². The lowest BCUT2D eigenvalue weighted by molar-refractivity contribution is -0.133. The molecule has 0 saturated heterocycles. The molecule has 2 aromatic rings. The van der Waals surface area contributed by atoms with Crippen LogP contribution in [0.3, 0.4) is 0 Å². The highest BCUT2D eigenvalue weighted by atomic mass is 16.5. The number of aromatic nitrogens is 3. The van der Waals surface area contributed by atoms with Gasteiger partial charge < -0.3 is 4.74 Å². The number of benzene rings is 1. The Hall–Kier alpha value is -2.50.